The molecule has 5 rings (SSSR count). The van der Waals surface area contributed by atoms with Crippen LogP contribution in [0.3, 0.4) is 0 Å². The van der Waals surface area contributed by atoms with Crippen LogP contribution >= 0.6 is 0 Å². The molecule has 0 spiro atoms. The van der Waals surface area contributed by atoms with Gasteiger partial charge in [0.25, 0.3) is 0 Å². The van der Waals surface area contributed by atoms with Crippen LogP contribution in [-0.4, -0.2) is 43.7 Å². The normalized spacial score (nSPS) is 19.1. The fourth-order valence-electron chi connectivity index (χ4n) is 6.93. The molecule has 6 nitrogen and oxygen atoms in total. The smallest absolute Gasteiger partial charge is 0.303 e. The first-order valence-corrected chi connectivity index (χ1v) is 15.9. The van der Waals surface area contributed by atoms with Crippen LogP contribution in [-0.2, 0) is 4.79 Å². The van der Waals surface area contributed by atoms with Crippen molar-refractivity contribution in [2.45, 2.75) is 89.4 Å². The van der Waals surface area contributed by atoms with Gasteiger partial charge in [-0.15, -0.1) is 0 Å². The fourth-order valence-corrected chi connectivity index (χ4v) is 6.93. The van der Waals surface area contributed by atoms with E-state index >= 15 is 0 Å². The monoisotopic (exact) mass is 561 g/mol. The Morgan fingerprint density at radius 1 is 0.927 bits per heavy atom. The van der Waals surface area contributed by atoms with E-state index in [-0.39, 0.29) is 18.1 Å². The molecular weight excluding hydrogens is 514 g/mol. The van der Waals surface area contributed by atoms with Gasteiger partial charge in [-0.2, -0.15) is 0 Å². The van der Waals surface area contributed by atoms with Gasteiger partial charge in [-0.3, -0.25) is 9.59 Å². The Bertz CT molecular complexity index is 1160. The molecule has 1 aliphatic heterocycles. The van der Waals surface area contributed by atoms with Crippen LogP contribution in [0, 0.1) is 17.8 Å². The molecule has 0 aromatic heterocycles. The van der Waals surface area contributed by atoms with Crippen LogP contribution in [0.2, 0.25) is 0 Å². The van der Waals surface area contributed by atoms with Gasteiger partial charge in [-0.25, -0.2) is 0 Å². The molecule has 1 N–H and O–H groups in total. The second kappa shape index (κ2) is 14.2. The third-order valence-corrected chi connectivity index (χ3v) is 9.56. The molecule has 1 heterocycles. The van der Waals surface area contributed by atoms with E-state index in [9.17, 15) is 14.7 Å². The molecular formula is C35H47NO5. The van der Waals surface area contributed by atoms with Crippen molar-refractivity contribution in [3.8, 4) is 11.5 Å². The second-order valence-electron chi connectivity index (χ2n) is 12.6. The minimum Gasteiger partial charge on any atom is -0.497 e. The van der Waals surface area contributed by atoms with Crippen LogP contribution in [0.25, 0.3) is 0 Å². The second-order valence-corrected chi connectivity index (χ2v) is 12.6. The maximum atomic E-state index is 13.3. The average Bonchev–Trinajstić information content (AvgIpc) is 3.85. The highest BCUT2D eigenvalue weighted by atomic mass is 16.5. The third kappa shape index (κ3) is 8.27. The van der Waals surface area contributed by atoms with E-state index in [0.29, 0.717) is 24.9 Å². The lowest BCUT2D eigenvalue weighted by Crippen LogP contribution is -2.36. The number of nitrogens with zero attached hydrogens (tertiary/aromatic N) is 1. The maximum Gasteiger partial charge on any atom is 0.303 e. The molecule has 3 fully saturated rings. The largest absolute Gasteiger partial charge is 0.497 e. The zero-order valence-corrected chi connectivity index (χ0v) is 24.7. The molecule has 0 bridgehead atoms. The number of ketones is 1. The summed E-state index contributed by atoms with van der Waals surface area (Å²) in [5.41, 5.74) is 2.91. The molecule has 41 heavy (non-hydrogen) atoms. The molecule has 1 saturated heterocycles. The van der Waals surface area contributed by atoms with Crippen LogP contribution in [0.5, 0.6) is 11.5 Å². The zero-order valence-electron chi connectivity index (χ0n) is 24.7. The van der Waals surface area contributed by atoms with E-state index in [0.717, 1.165) is 79.4 Å². The minimum atomic E-state index is -0.736. The first-order valence-electron chi connectivity index (χ1n) is 15.9. The van der Waals surface area contributed by atoms with E-state index in [1.807, 2.05) is 42.5 Å². The van der Waals surface area contributed by atoms with E-state index < -0.39 is 5.97 Å². The number of carboxylic acid groups (broad SMARTS) is 1. The summed E-state index contributed by atoms with van der Waals surface area (Å²) in [6.07, 6.45) is 13.9. The van der Waals surface area contributed by atoms with Gasteiger partial charge in [0, 0.05) is 31.1 Å². The Morgan fingerprint density at radius 2 is 1.71 bits per heavy atom. The number of carboxylic acids is 1. The highest BCUT2D eigenvalue weighted by Gasteiger charge is 2.34. The van der Waals surface area contributed by atoms with Gasteiger partial charge in [-0.05, 0) is 85.6 Å². The number of benzene rings is 2. The van der Waals surface area contributed by atoms with Gasteiger partial charge in [0.15, 0.2) is 5.78 Å². The molecule has 3 aliphatic rings. The SMILES string of the molecule is COc1ccc(C(=O)CCCC2CCCCC2)c(N2CCC(COc3cccc(C(CC(=O)O)C4CC4)c3)CC2)c1. The van der Waals surface area contributed by atoms with E-state index in [4.69, 9.17) is 9.47 Å². The lowest BCUT2D eigenvalue weighted by atomic mass is 9.85. The number of methoxy groups -OCH3 is 1. The van der Waals surface area contributed by atoms with Crippen molar-refractivity contribution < 1.29 is 24.2 Å². The van der Waals surface area contributed by atoms with E-state index in [1.165, 1.54) is 38.5 Å². The molecule has 1 atom stereocenters. The summed E-state index contributed by atoms with van der Waals surface area (Å²) in [5.74, 6) is 2.93. The topological polar surface area (TPSA) is 76.1 Å². The minimum absolute atomic E-state index is 0.0753. The molecule has 2 aromatic rings. The first-order chi connectivity index (χ1) is 20.0. The van der Waals surface area contributed by atoms with Gasteiger partial charge in [0.05, 0.1) is 25.8 Å². The predicted octanol–water partition coefficient (Wildman–Crippen LogP) is 7.89. The van der Waals surface area contributed by atoms with Gasteiger partial charge in [0.2, 0.25) is 0 Å². The zero-order chi connectivity index (χ0) is 28.6. The molecule has 2 aliphatic carbocycles. The van der Waals surface area contributed by atoms with Crippen molar-refractivity contribution in [1.82, 2.24) is 0 Å². The van der Waals surface area contributed by atoms with Crippen molar-refractivity contribution >= 4 is 17.4 Å². The standard InChI is InChI=1S/C35H47NO5/c1-40-29-15-16-31(34(37)12-5-9-25-7-3-2-4-8-25)33(22-29)36-19-17-26(18-20-36)24-41-30-11-6-10-28(21-30)32(23-35(38)39)27-13-14-27/h6,10-11,15-16,21-22,25-27,32H,2-5,7-9,12-14,17-20,23-24H2,1H3,(H,38,39). The summed E-state index contributed by atoms with van der Waals surface area (Å²) >= 11 is 0. The summed E-state index contributed by atoms with van der Waals surface area (Å²) in [6, 6.07) is 14.0. The molecule has 6 heteroatoms. The van der Waals surface area contributed by atoms with E-state index in [1.54, 1.807) is 7.11 Å². The summed E-state index contributed by atoms with van der Waals surface area (Å²) < 4.78 is 11.8. The van der Waals surface area contributed by atoms with Crippen molar-refractivity contribution in [3.63, 3.8) is 0 Å². The summed E-state index contributed by atoms with van der Waals surface area (Å²) in [7, 11) is 1.68. The number of ether oxygens (including phenoxy) is 2. The van der Waals surface area contributed by atoms with Crippen molar-refractivity contribution in [1.29, 1.82) is 0 Å². The number of piperidine rings is 1. The Balaban J connectivity index is 1.14. The van der Waals surface area contributed by atoms with Crippen molar-refractivity contribution in [3.05, 3.63) is 53.6 Å². The molecule has 222 valence electrons. The molecule has 2 aromatic carbocycles. The summed E-state index contributed by atoms with van der Waals surface area (Å²) in [4.78, 5) is 27.1. The predicted molar refractivity (Wildman–Crippen MR) is 162 cm³/mol. The highest BCUT2D eigenvalue weighted by molar-refractivity contribution is 6.01. The van der Waals surface area contributed by atoms with Crippen LogP contribution in [0.15, 0.2) is 42.5 Å². The van der Waals surface area contributed by atoms with E-state index in [2.05, 4.69) is 4.90 Å². The molecule has 1 unspecified atom stereocenters. The number of carbonyl (C=O) groups is 2. The van der Waals surface area contributed by atoms with Crippen molar-refractivity contribution in [2.24, 2.45) is 17.8 Å². The molecule has 2 saturated carbocycles. The Labute approximate surface area is 245 Å². The number of rotatable bonds is 14. The quantitative estimate of drug-likeness (QED) is 0.236. The van der Waals surface area contributed by atoms with Gasteiger partial charge in [0.1, 0.15) is 11.5 Å². The third-order valence-electron chi connectivity index (χ3n) is 9.56. The summed E-state index contributed by atoms with van der Waals surface area (Å²) in [5, 5.41) is 9.37. The maximum absolute atomic E-state index is 13.3. The van der Waals surface area contributed by atoms with Gasteiger partial charge < -0.3 is 19.5 Å². The first kappa shape index (κ1) is 29.5. The lowest BCUT2D eigenvalue weighted by Gasteiger charge is -2.34. The Kier molecular flexibility index (Phi) is 10.2. The fraction of sp³-hybridized carbons (Fsp3) is 0.600. The number of hydrogen-bond acceptors (Lipinski definition) is 5. The van der Waals surface area contributed by atoms with Gasteiger partial charge >= 0.3 is 5.97 Å². The summed E-state index contributed by atoms with van der Waals surface area (Å²) in [6.45, 7) is 2.41. The van der Waals surface area contributed by atoms with Gasteiger partial charge in [-0.1, -0.05) is 50.7 Å². The lowest BCUT2D eigenvalue weighted by molar-refractivity contribution is -0.137. The highest BCUT2D eigenvalue weighted by Crippen LogP contribution is 2.45. The number of aliphatic carboxylic acids is 1. The Morgan fingerprint density at radius 3 is 2.41 bits per heavy atom. The molecule has 0 radical (unpaired) electrons. The number of Topliss-reactive ketones (excluding diaryl/α,β-unsaturated/α-hetero) is 1. The average molecular weight is 562 g/mol. The number of hydrogen-bond donors (Lipinski definition) is 1. The number of anilines is 1. The van der Waals surface area contributed by atoms with Crippen molar-refractivity contribution in [2.75, 3.05) is 31.7 Å². The van der Waals surface area contributed by atoms with Crippen LogP contribution in [0.4, 0.5) is 5.69 Å². The van der Waals surface area contributed by atoms with Crippen LogP contribution < -0.4 is 14.4 Å². The molecule has 0 amide bonds. The van der Waals surface area contributed by atoms with Crippen LogP contribution in [0.1, 0.15) is 105 Å². The number of carbonyl (C=O) groups excluding carboxylic acids is 1. The Hall–Kier alpha value is -3.02.